The van der Waals surface area contributed by atoms with Gasteiger partial charge in [0.1, 0.15) is 10.8 Å². The van der Waals surface area contributed by atoms with Crippen LogP contribution in [0.5, 0.6) is 5.75 Å². The topological polar surface area (TPSA) is 65.2 Å². The second-order valence-corrected chi connectivity index (χ2v) is 7.56. The molecule has 0 aliphatic heterocycles. The maximum atomic E-state index is 12.8. The van der Waals surface area contributed by atoms with Crippen molar-refractivity contribution in [3.8, 4) is 5.75 Å². The summed E-state index contributed by atoms with van der Waals surface area (Å²) < 4.78 is 45.0. The molecule has 0 fully saturated rings. The minimum atomic E-state index is -4.52. The van der Waals surface area contributed by atoms with Gasteiger partial charge in [0.2, 0.25) is 5.16 Å². The number of methoxy groups -OCH3 is 1. The van der Waals surface area contributed by atoms with Crippen molar-refractivity contribution in [3.05, 3.63) is 70.6 Å². The average molecular weight is 464 g/mol. The lowest BCUT2D eigenvalue weighted by Gasteiger charge is -2.07. The van der Waals surface area contributed by atoms with E-state index in [1.54, 1.807) is 19.4 Å². The normalized spacial score (nSPS) is 12.0. The van der Waals surface area contributed by atoms with Crippen LogP contribution in [0.4, 0.5) is 13.2 Å². The maximum Gasteiger partial charge on any atom is 0.417 e. The fraction of sp³-hybridized carbons (Fsp3) is 0.100. The summed E-state index contributed by atoms with van der Waals surface area (Å²) in [6.45, 7) is 0. The van der Waals surface area contributed by atoms with E-state index in [-0.39, 0.29) is 15.2 Å². The number of aromatic nitrogens is 5. The summed E-state index contributed by atoms with van der Waals surface area (Å²) in [5.74, 6) is 1.10. The average Bonchev–Trinajstić information content (AvgIpc) is 3.16. The molecule has 31 heavy (non-hydrogen) atoms. The minimum Gasteiger partial charge on any atom is -0.497 e. The molecule has 3 heterocycles. The fourth-order valence-corrected chi connectivity index (χ4v) is 3.57. The first-order valence-corrected chi connectivity index (χ1v) is 9.97. The van der Waals surface area contributed by atoms with Crippen LogP contribution in [-0.4, -0.2) is 31.7 Å². The van der Waals surface area contributed by atoms with Gasteiger partial charge in [-0.1, -0.05) is 29.8 Å². The summed E-state index contributed by atoms with van der Waals surface area (Å²) in [6.07, 6.45) is 1.55. The number of benzene rings is 1. The molecule has 0 radical (unpaired) electrons. The molecular formula is C20H13ClF3N5OS. The summed E-state index contributed by atoms with van der Waals surface area (Å²) in [7, 11) is 1.60. The van der Waals surface area contributed by atoms with Crippen molar-refractivity contribution >= 4 is 41.3 Å². The predicted molar refractivity (Wildman–Crippen MR) is 111 cm³/mol. The molecule has 0 N–H and O–H groups in total. The Morgan fingerprint density at radius 2 is 1.87 bits per heavy atom. The van der Waals surface area contributed by atoms with Gasteiger partial charge in [-0.05, 0) is 47.7 Å². The van der Waals surface area contributed by atoms with E-state index >= 15 is 0 Å². The second-order valence-electron chi connectivity index (χ2n) is 6.19. The van der Waals surface area contributed by atoms with Crippen LogP contribution < -0.4 is 4.74 Å². The standard InChI is InChI=1S/C20H13ClF3N5OS/c1-30-15-6-3-12(4-7-15)2-5-14-8-9-25-18-27-19(28-29(14)18)31-17-16(21)10-13(11-26-17)20(22,23)24/h2-11H,1H3. The van der Waals surface area contributed by atoms with Gasteiger partial charge in [0.15, 0.2) is 0 Å². The van der Waals surface area contributed by atoms with Gasteiger partial charge in [-0.15, -0.1) is 5.10 Å². The molecule has 0 saturated carbocycles. The van der Waals surface area contributed by atoms with Crippen LogP contribution in [0.25, 0.3) is 17.9 Å². The molecule has 0 bridgehead atoms. The Hall–Kier alpha value is -3.11. The van der Waals surface area contributed by atoms with Gasteiger partial charge in [-0.25, -0.2) is 9.97 Å². The zero-order valence-corrected chi connectivity index (χ0v) is 17.4. The van der Waals surface area contributed by atoms with Gasteiger partial charge in [0, 0.05) is 12.4 Å². The van der Waals surface area contributed by atoms with Gasteiger partial charge in [0.05, 0.1) is 23.4 Å². The van der Waals surface area contributed by atoms with Crippen LogP contribution in [0.1, 0.15) is 16.8 Å². The third-order valence-electron chi connectivity index (χ3n) is 4.14. The number of halogens is 4. The first-order chi connectivity index (χ1) is 14.8. The van der Waals surface area contributed by atoms with Crippen LogP contribution in [0.3, 0.4) is 0 Å². The van der Waals surface area contributed by atoms with Gasteiger partial charge in [0.25, 0.3) is 5.78 Å². The Balaban J connectivity index is 1.59. The molecule has 0 aliphatic rings. The molecule has 158 valence electrons. The second kappa shape index (κ2) is 8.56. The van der Waals surface area contributed by atoms with Gasteiger partial charge in [-0.2, -0.15) is 22.7 Å². The highest BCUT2D eigenvalue weighted by molar-refractivity contribution is 7.99. The Labute approximate surface area is 183 Å². The summed E-state index contributed by atoms with van der Waals surface area (Å²) in [6, 6.07) is 10.1. The Morgan fingerprint density at radius 1 is 1.10 bits per heavy atom. The van der Waals surface area contributed by atoms with Crippen molar-refractivity contribution in [3.63, 3.8) is 0 Å². The molecule has 4 rings (SSSR count). The highest BCUT2D eigenvalue weighted by atomic mass is 35.5. The molecule has 4 aromatic rings. The molecule has 1 aromatic carbocycles. The maximum absolute atomic E-state index is 12.8. The van der Waals surface area contributed by atoms with E-state index in [9.17, 15) is 13.2 Å². The summed E-state index contributed by atoms with van der Waals surface area (Å²) in [4.78, 5) is 12.3. The van der Waals surface area contributed by atoms with E-state index < -0.39 is 11.7 Å². The molecule has 0 spiro atoms. The van der Waals surface area contributed by atoms with E-state index in [1.165, 1.54) is 4.52 Å². The molecule has 0 atom stereocenters. The Kier molecular flexibility index (Phi) is 5.84. The molecule has 6 nitrogen and oxygen atoms in total. The van der Waals surface area contributed by atoms with Crippen molar-refractivity contribution < 1.29 is 17.9 Å². The van der Waals surface area contributed by atoms with Crippen LogP contribution in [0.2, 0.25) is 5.02 Å². The molecular weight excluding hydrogens is 451 g/mol. The van der Waals surface area contributed by atoms with Crippen molar-refractivity contribution in [2.45, 2.75) is 16.4 Å². The van der Waals surface area contributed by atoms with Crippen LogP contribution >= 0.6 is 23.4 Å². The lowest BCUT2D eigenvalue weighted by molar-refractivity contribution is -0.137. The number of hydrogen-bond acceptors (Lipinski definition) is 6. The number of ether oxygens (including phenoxy) is 1. The zero-order chi connectivity index (χ0) is 22.0. The van der Waals surface area contributed by atoms with E-state index in [1.807, 2.05) is 36.4 Å². The third-order valence-corrected chi connectivity index (χ3v) is 5.41. The largest absolute Gasteiger partial charge is 0.497 e. The molecule has 0 saturated heterocycles. The zero-order valence-electron chi connectivity index (χ0n) is 15.8. The highest BCUT2D eigenvalue weighted by Crippen LogP contribution is 2.35. The van der Waals surface area contributed by atoms with Crippen molar-refractivity contribution in [2.75, 3.05) is 7.11 Å². The van der Waals surface area contributed by atoms with Gasteiger partial charge >= 0.3 is 6.18 Å². The third kappa shape index (κ3) is 4.80. The molecule has 0 aliphatic carbocycles. The molecule has 3 aromatic heterocycles. The molecule has 11 heteroatoms. The number of nitrogens with zero attached hydrogens (tertiary/aromatic N) is 5. The molecule has 0 amide bonds. The van der Waals surface area contributed by atoms with Crippen LogP contribution in [0.15, 0.2) is 59.0 Å². The summed E-state index contributed by atoms with van der Waals surface area (Å²) in [5, 5.41) is 4.66. The number of pyridine rings is 1. The first-order valence-electron chi connectivity index (χ1n) is 8.78. The first kappa shape index (κ1) is 21.1. The lowest BCUT2D eigenvalue weighted by Crippen LogP contribution is -2.05. The van der Waals surface area contributed by atoms with E-state index in [4.69, 9.17) is 16.3 Å². The number of rotatable bonds is 5. The number of hydrogen-bond donors (Lipinski definition) is 0. The SMILES string of the molecule is COc1ccc(C=Cc2ccnc3nc(Sc4ncc(C(F)(F)F)cc4Cl)nn23)cc1. The van der Waals surface area contributed by atoms with Crippen LogP contribution in [-0.2, 0) is 6.18 Å². The monoisotopic (exact) mass is 463 g/mol. The molecule has 0 unspecified atom stereocenters. The van der Waals surface area contributed by atoms with Crippen molar-refractivity contribution in [2.24, 2.45) is 0 Å². The van der Waals surface area contributed by atoms with Crippen LogP contribution in [0, 0.1) is 0 Å². The summed E-state index contributed by atoms with van der Waals surface area (Å²) >= 11 is 6.93. The number of fused-ring (bicyclic) bond motifs is 1. The van der Waals surface area contributed by atoms with E-state index in [0.717, 1.165) is 35.3 Å². The van der Waals surface area contributed by atoms with Crippen molar-refractivity contribution in [1.82, 2.24) is 24.6 Å². The lowest BCUT2D eigenvalue weighted by atomic mass is 10.2. The highest BCUT2D eigenvalue weighted by Gasteiger charge is 2.31. The van der Waals surface area contributed by atoms with Gasteiger partial charge < -0.3 is 4.74 Å². The van der Waals surface area contributed by atoms with E-state index in [2.05, 4.69) is 20.1 Å². The van der Waals surface area contributed by atoms with Gasteiger partial charge in [-0.3, -0.25) is 0 Å². The van der Waals surface area contributed by atoms with E-state index in [0.29, 0.717) is 11.5 Å². The smallest absolute Gasteiger partial charge is 0.417 e. The Morgan fingerprint density at radius 3 is 2.55 bits per heavy atom. The predicted octanol–water partition coefficient (Wildman–Crippen LogP) is 5.52. The van der Waals surface area contributed by atoms with Crippen molar-refractivity contribution in [1.29, 1.82) is 0 Å². The summed E-state index contributed by atoms with van der Waals surface area (Å²) in [5.41, 5.74) is 0.755. The quantitative estimate of drug-likeness (QED) is 0.388. The fourth-order valence-electron chi connectivity index (χ4n) is 2.60. The Bertz CT molecular complexity index is 1260. The number of alkyl halides is 3. The minimum absolute atomic E-state index is 0.133.